The molecule has 6 rings (SSSR count). The number of hydrogen-bond acceptors (Lipinski definition) is 4. The second kappa shape index (κ2) is 12.8. The van der Waals surface area contributed by atoms with Crippen molar-refractivity contribution in [1.29, 1.82) is 0 Å². The molecule has 0 aliphatic heterocycles. The normalized spacial score (nSPS) is 12.5. The lowest BCUT2D eigenvalue weighted by Crippen LogP contribution is -2.37. The third kappa shape index (κ3) is 5.96. The zero-order valence-corrected chi connectivity index (χ0v) is 24.6. The number of alkyl halides is 3. The Labute approximate surface area is 260 Å². The topological polar surface area (TPSA) is 52.8 Å². The van der Waals surface area contributed by atoms with Gasteiger partial charge in [0.05, 0.1) is 29.9 Å². The van der Waals surface area contributed by atoms with Crippen LogP contribution in [0.25, 0.3) is 0 Å². The molecule has 8 heteroatoms. The van der Waals surface area contributed by atoms with E-state index in [-0.39, 0.29) is 12.4 Å². The number of imidazole rings is 1. The number of benzene rings is 4. The van der Waals surface area contributed by atoms with Crippen LogP contribution >= 0.6 is 0 Å². The van der Waals surface area contributed by atoms with E-state index in [2.05, 4.69) is 51.2 Å². The van der Waals surface area contributed by atoms with Gasteiger partial charge in [0, 0.05) is 24.7 Å². The zero-order valence-electron chi connectivity index (χ0n) is 24.6. The minimum Gasteiger partial charge on any atom is -0.493 e. The van der Waals surface area contributed by atoms with Crippen LogP contribution < -0.4 is 4.74 Å². The van der Waals surface area contributed by atoms with Crippen molar-refractivity contribution >= 4 is 0 Å². The summed E-state index contributed by atoms with van der Waals surface area (Å²) in [6, 6.07) is 38.3. The molecule has 0 saturated heterocycles. The number of halogens is 3. The van der Waals surface area contributed by atoms with Crippen LogP contribution in [0.4, 0.5) is 13.2 Å². The molecule has 4 aromatic carbocycles. The molecular weight excluding hydrogens is 573 g/mol. The molecule has 0 aliphatic rings. The van der Waals surface area contributed by atoms with Crippen molar-refractivity contribution in [1.82, 2.24) is 19.7 Å². The average molecular weight is 605 g/mol. The van der Waals surface area contributed by atoms with Crippen molar-refractivity contribution in [2.75, 3.05) is 6.61 Å². The maximum Gasteiger partial charge on any atom is 0.419 e. The highest BCUT2D eigenvalue weighted by molar-refractivity contribution is 5.51. The molecule has 0 radical (unpaired) electrons. The first-order valence-corrected chi connectivity index (χ1v) is 14.7. The van der Waals surface area contributed by atoms with Crippen LogP contribution in [-0.4, -0.2) is 26.4 Å². The fourth-order valence-corrected chi connectivity index (χ4v) is 6.00. The molecule has 0 saturated carbocycles. The van der Waals surface area contributed by atoms with Gasteiger partial charge in [-0.25, -0.2) is 4.98 Å². The van der Waals surface area contributed by atoms with Crippen LogP contribution in [-0.2, 0) is 18.1 Å². The Kier molecular flexibility index (Phi) is 8.47. The zero-order chi connectivity index (χ0) is 31.3. The van der Waals surface area contributed by atoms with E-state index in [9.17, 15) is 13.2 Å². The van der Waals surface area contributed by atoms with Gasteiger partial charge in [-0.05, 0) is 53.4 Å². The molecule has 2 heterocycles. The lowest BCUT2D eigenvalue weighted by atomic mass is 9.76. The van der Waals surface area contributed by atoms with E-state index in [0.717, 1.165) is 16.7 Å². The highest BCUT2D eigenvalue weighted by atomic mass is 19.4. The summed E-state index contributed by atoms with van der Waals surface area (Å²) in [4.78, 5) is 4.88. The smallest absolute Gasteiger partial charge is 0.419 e. The second-order valence-electron chi connectivity index (χ2n) is 10.7. The number of aromatic nitrogens is 4. The van der Waals surface area contributed by atoms with Crippen LogP contribution in [0, 0.1) is 0 Å². The van der Waals surface area contributed by atoms with Crippen molar-refractivity contribution in [3.63, 3.8) is 0 Å². The minimum atomic E-state index is -4.60. The van der Waals surface area contributed by atoms with Gasteiger partial charge in [-0.1, -0.05) is 97.1 Å². The van der Waals surface area contributed by atoms with Gasteiger partial charge in [-0.3, -0.25) is 0 Å². The maximum atomic E-state index is 14.2. The largest absolute Gasteiger partial charge is 0.493 e. The molecule has 0 fully saturated rings. The van der Waals surface area contributed by atoms with E-state index in [1.807, 2.05) is 66.9 Å². The summed E-state index contributed by atoms with van der Waals surface area (Å²) in [5.74, 6) is -0.756. The molecular formula is C37H31F3N4O. The Balaban J connectivity index is 1.56. The monoisotopic (exact) mass is 604 g/mol. The van der Waals surface area contributed by atoms with E-state index >= 15 is 0 Å². The molecule has 6 aromatic rings. The highest BCUT2D eigenvalue weighted by Crippen LogP contribution is 2.43. The Morgan fingerprint density at radius 1 is 0.756 bits per heavy atom. The molecule has 45 heavy (non-hydrogen) atoms. The Morgan fingerprint density at radius 3 is 1.87 bits per heavy atom. The minimum absolute atomic E-state index is 0.121. The van der Waals surface area contributed by atoms with Gasteiger partial charge in [-0.15, -0.1) is 0 Å². The number of hydrogen-bond donors (Lipinski definition) is 0. The Hall–Kier alpha value is -5.24. The molecule has 0 spiro atoms. The quantitative estimate of drug-likeness (QED) is 0.148. The molecule has 0 amide bonds. The Morgan fingerprint density at radius 2 is 1.36 bits per heavy atom. The van der Waals surface area contributed by atoms with E-state index in [0.29, 0.717) is 23.4 Å². The lowest BCUT2D eigenvalue weighted by molar-refractivity contribution is -0.139. The third-order valence-corrected chi connectivity index (χ3v) is 7.97. The number of nitrogens with zero attached hydrogens (tertiary/aromatic N) is 4. The number of ether oxygens (including phenoxy) is 1. The van der Waals surface area contributed by atoms with Crippen molar-refractivity contribution in [3.05, 3.63) is 179 Å². The highest BCUT2D eigenvalue weighted by Gasteiger charge is 2.39. The van der Waals surface area contributed by atoms with E-state index in [1.54, 1.807) is 31.6 Å². The summed E-state index contributed by atoms with van der Waals surface area (Å²) in [6.07, 6.45) is 0.980. The van der Waals surface area contributed by atoms with E-state index in [1.165, 1.54) is 12.1 Å². The summed E-state index contributed by atoms with van der Waals surface area (Å²) >= 11 is 0. The first-order chi connectivity index (χ1) is 21.9. The molecule has 1 unspecified atom stereocenters. The summed E-state index contributed by atoms with van der Waals surface area (Å²) in [5, 5.41) is 8.26. The fraction of sp³-hybridized carbons (Fsp3) is 0.162. The first kappa shape index (κ1) is 29.8. The summed E-state index contributed by atoms with van der Waals surface area (Å²) in [5.41, 5.74) is 3.09. The molecule has 0 bridgehead atoms. The standard InChI is InChI=1S/C37H31F3N4O/c1-2-45-35-21-20-27(23-33(35)37(38,39)40)32(24-31-19-12-22-42-43-31)34-25-44(26-41-34)36(28-13-6-3-7-14-28,29-15-8-4-9-16-29)30-17-10-5-11-18-30/h3-23,25-26,32H,2,24H2,1H3. The Bertz CT molecular complexity index is 1730. The van der Waals surface area contributed by atoms with Crippen LogP contribution in [0.2, 0.25) is 0 Å². The molecule has 1 atom stereocenters. The summed E-state index contributed by atoms with van der Waals surface area (Å²) < 4.78 is 50.2. The predicted octanol–water partition coefficient (Wildman–Crippen LogP) is 8.31. The van der Waals surface area contributed by atoms with Gasteiger partial charge in [-0.2, -0.15) is 23.4 Å². The predicted molar refractivity (Wildman–Crippen MR) is 167 cm³/mol. The van der Waals surface area contributed by atoms with Crippen LogP contribution in [0.15, 0.2) is 140 Å². The van der Waals surface area contributed by atoms with Gasteiger partial charge < -0.3 is 9.30 Å². The van der Waals surface area contributed by atoms with Gasteiger partial charge in [0.2, 0.25) is 0 Å². The lowest BCUT2D eigenvalue weighted by Gasteiger charge is -2.37. The first-order valence-electron chi connectivity index (χ1n) is 14.7. The fourth-order valence-electron chi connectivity index (χ4n) is 6.00. The van der Waals surface area contributed by atoms with Gasteiger partial charge in [0.25, 0.3) is 0 Å². The molecule has 2 aromatic heterocycles. The SMILES string of the molecule is CCOc1ccc(C(Cc2cccnn2)c2cn(C(c3ccccc3)(c3ccccc3)c3ccccc3)cn2)cc1C(F)(F)F. The van der Waals surface area contributed by atoms with Crippen LogP contribution in [0.3, 0.4) is 0 Å². The van der Waals surface area contributed by atoms with E-state index in [4.69, 9.17) is 9.72 Å². The molecule has 5 nitrogen and oxygen atoms in total. The van der Waals surface area contributed by atoms with Crippen molar-refractivity contribution < 1.29 is 17.9 Å². The molecule has 0 N–H and O–H groups in total. The van der Waals surface area contributed by atoms with Crippen LogP contribution in [0.5, 0.6) is 5.75 Å². The molecule has 226 valence electrons. The summed E-state index contributed by atoms with van der Waals surface area (Å²) in [6.45, 7) is 1.78. The van der Waals surface area contributed by atoms with Gasteiger partial charge in [0.15, 0.2) is 0 Å². The number of rotatable bonds is 10. The van der Waals surface area contributed by atoms with Gasteiger partial charge >= 0.3 is 6.18 Å². The van der Waals surface area contributed by atoms with Crippen molar-refractivity contribution in [2.24, 2.45) is 0 Å². The van der Waals surface area contributed by atoms with Crippen molar-refractivity contribution in [3.8, 4) is 5.75 Å². The molecule has 0 aliphatic carbocycles. The second-order valence-corrected chi connectivity index (χ2v) is 10.7. The summed E-state index contributed by atoms with van der Waals surface area (Å²) in [7, 11) is 0. The maximum absolute atomic E-state index is 14.2. The van der Waals surface area contributed by atoms with Crippen molar-refractivity contribution in [2.45, 2.75) is 31.0 Å². The van der Waals surface area contributed by atoms with Gasteiger partial charge in [0.1, 0.15) is 11.3 Å². The van der Waals surface area contributed by atoms with Crippen LogP contribution in [0.1, 0.15) is 52.0 Å². The third-order valence-electron chi connectivity index (χ3n) is 7.97. The average Bonchev–Trinajstić information content (AvgIpc) is 3.56. The van der Waals surface area contributed by atoms with E-state index < -0.39 is 23.2 Å².